The topological polar surface area (TPSA) is 41.1 Å². The molecule has 1 saturated carbocycles. The molecule has 0 aliphatic heterocycles. The van der Waals surface area contributed by atoms with Crippen LogP contribution in [0.2, 0.25) is 0 Å². The summed E-state index contributed by atoms with van der Waals surface area (Å²) < 4.78 is 0. The minimum atomic E-state index is 0.133. The first-order valence-electron chi connectivity index (χ1n) is 7.23. The molecule has 0 aromatic heterocycles. The molecule has 0 spiro atoms. The second-order valence-electron chi connectivity index (χ2n) is 5.28. The molecule has 0 bridgehead atoms. The molecule has 3 heteroatoms. The van der Waals surface area contributed by atoms with Crippen molar-refractivity contribution in [3.8, 4) is 0 Å². The summed E-state index contributed by atoms with van der Waals surface area (Å²) in [5.41, 5.74) is 0. The Hall–Kier alpha value is -0.570. The Kier molecular flexibility index (Phi) is 7.25. The summed E-state index contributed by atoms with van der Waals surface area (Å²) >= 11 is 0. The fraction of sp³-hybridized carbons (Fsp3) is 0.929. The van der Waals surface area contributed by atoms with E-state index in [1.807, 2.05) is 0 Å². The van der Waals surface area contributed by atoms with Gasteiger partial charge >= 0.3 is 0 Å². The van der Waals surface area contributed by atoms with E-state index in [9.17, 15) is 4.79 Å². The lowest BCUT2D eigenvalue weighted by atomic mass is 9.81. The summed E-state index contributed by atoms with van der Waals surface area (Å²) in [5.74, 6) is 1.88. The van der Waals surface area contributed by atoms with Crippen LogP contribution in [-0.2, 0) is 4.79 Å². The van der Waals surface area contributed by atoms with Crippen LogP contribution in [0.25, 0.3) is 0 Å². The fourth-order valence-corrected chi connectivity index (χ4v) is 2.56. The maximum Gasteiger partial charge on any atom is 0.233 e. The van der Waals surface area contributed by atoms with Gasteiger partial charge in [0, 0.05) is 6.54 Å². The van der Waals surface area contributed by atoms with E-state index in [4.69, 9.17) is 0 Å². The highest BCUT2D eigenvalue weighted by atomic mass is 16.1. The number of amides is 1. The van der Waals surface area contributed by atoms with Crippen LogP contribution in [0.15, 0.2) is 0 Å². The number of hydrogen-bond donors (Lipinski definition) is 2. The Morgan fingerprint density at radius 2 is 1.76 bits per heavy atom. The first-order valence-corrected chi connectivity index (χ1v) is 7.23. The molecule has 0 saturated heterocycles. The van der Waals surface area contributed by atoms with Crippen LogP contribution < -0.4 is 10.6 Å². The zero-order valence-corrected chi connectivity index (χ0v) is 11.4. The van der Waals surface area contributed by atoms with Crippen LogP contribution in [0.3, 0.4) is 0 Å². The van der Waals surface area contributed by atoms with Crippen molar-refractivity contribution in [3.63, 3.8) is 0 Å². The van der Waals surface area contributed by atoms with Gasteiger partial charge in [-0.25, -0.2) is 0 Å². The normalized spacial score (nSPS) is 24.6. The van der Waals surface area contributed by atoms with Gasteiger partial charge in [-0.05, 0) is 37.6 Å². The van der Waals surface area contributed by atoms with E-state index in [1.165, 1.54) is 32.1 Å². The third-order valence-corrected chi connectivity index (χ3v) is 3.83. The summed E-state index contributed by atoms with van der Waals surface area (Å²) in [6.45, 7) is 6.65. The minimum absolute atomic E-state index is 0.133. The summed E-state index contributed by atoms with van der Waals surface area (Å²) in [6.07, 6.45) is 7.77. The first-order chi connectivity index (χ1) is 8.26. The van der Waals surface area contributed by atoms with Crippen LogP contribution in [-0.4, -0.2) is 25.5 Å². The predicted octanol–water partition coefficient (Wildman–Crippen LogP) is 2.32. The number of carbonyl (C=O) groups excluding carboxylic acids is 1. The molecule has 0 atom stereocenters. The molecule has 17 heavy (non-hydrogen) atoms. The van der Waals surface area contributed by atoms with E-state index in [1.54, 1.807) is 0 Å². The van der Waals surface area contributed by atoms with Gasteiger partial charge in [-0.15, -0.1) is 0 Å². The molecule has 1 aliphatic rings. The van der Waals surface area contributed by atoms with Gasteiger partial charge in [-0.3, -0.25) is 4.79 Å². The first kappa shape index (κ1) is 14.5. The molecule has 1 amide bonds. The maximum atomic E-state index is 11.4. The van der Waals surface area contributed by atoms with Gasteiger partial charge in [0.2, 0.25) is 5.91 Å². The monoisotopic (exact) mass is 240 g/mol. The van der Waals surface area contributed by atoms with Crippen LogP contribution in [0.1, 0.15) is 52.4 Å². The van der Waals surface area contributed by atoms with Crippen molar-refractivity contribution in [2.45, 2.75) is 52.4 Å². The van der Waals surface area contributed by atoms with E-state index < -0.39 is 0 Å². The van der Waals surface area contributed by atoms with E-state index >= 15 is 0 Å². The quantitative estimate of drug-likeness (QED) is 0.717. The zero-order chi connectivity index (χ0) is 12.5. The number of carbonyl (C=O) groups is 1. The second kappa shape index (κ2) is 8.51. The Labute approximate surface area is 106 Å². The van der Waals surface area contributed by atoms with Gasteiger partial charge < -0.3 is 10.6 Å². The molecule has 3 nitrogen and oxygen atoms in total. The Bertz CT molecular complexity index is 210. The zero-order valence-electron chi connectivity index (χ0n) is 11.4. The number of nitrogens with one attached hydrogen (secondary N) is 2. The van der Waals surface area contributed by atoms with Crippen molar-refractivity contribution in [2.75, 3.05) is 19.6 Å². The second-order valence-corrected chi connectivity index (χ2v) is 5.28. The van der Waals surface area contributed by atoms with Gasteiger partial charge in [0.05, 0.1) is 6.54 Å². The minimum Gasteiger partial charge on any atom is -0.355 e. The van der Waals surface area contributed by atoms with Crippen molar-refractivity contribution in [3.05, 3.63) is 0 Å². The van der Waals surface area contributed by atoms with E-state index in [-0.39, 0.29) is 5.91 Å². The molecule has 1 fully saturated rings. The van der Waals surface area contributed by atoms with Gasteiger partial charge in [0.1, 0.15) is 0 Å². The summed E-state index contributed by atoms with van der Waals surface area (Å²) in [7, 11) is 0. The number of hydrogen-bond acceptors (Lipinski definition) is 2. The largest absolute Gasteiger partial charge is 0.355 e. The van der Waals surface area contributed by atoms with Gasteiger partial charge in [0.25, 0.3) is 0 Å². The van der Waals surface area contributed by atoms with Crippen molar-refractivity contribution in [1.29, 1.82) is 0 Å². The van der Waals surface area contributed by atoms with E-state index in [0.29, 0.717) is 6.54 Å². The smallest absolute Gasteiger partial charge is 0.233 e. The predicted molar refractivity (Wildman–Crippen MR) is 71.9 cm³/mol. The molecule has 1 aliphatic carbocycles. The lowest BCUT2D eigenvalue weighted by Crippen LogP contribution is -2.36. The van der Waals surface area contributed by atoms with Gasteiger partial charge in [-0.2, -0.15) is 0 Å². The lowest BCUT2D eigenvalue weighted by Gasteiger charge is -2.27. The lowest BCUT2D eigenvalue weighted by molar-refractivity contribution is -0.120. The number of rotatable bonds is 7. The van der Waals surface area contributed by atoms with Crippen LogP contribution in [0, 0.1) is 11.8 Å². The molecular formula is C14H28N2O. The van der Waals surface area contributed by atoms with Gasteiger partial charge in [-0.1, -0.05) is 33.1 Å². The Morgan fingerprint density at radius 3 is 2.35 bits per heavy atom. The average Bonchev–Trinajstić information content (AvgIpc) is 2.37. The van der Waals surface area contributed by atoms with Crippen molar-refractivity contribution in [2.24, 2.45) is 11.8 Å². The molecule has 0 aromatic rings. The highest BCUT2D eigenvalue weighted by Crippen LogP contribution is 2.29. The third kappa shape index (κ3) is 6.06. The Balaban J connectivity index is 2.01. The van der Waals surface area contributed by atoms with E-state index in [0.717, 1.165) is 31.3 Å². The molecule has 100 valence electrons. The maximum absolute atomic E-state index is 11.4. The van der Waals surface area contributed by atoms with Crippen LogP contribution in [0.4, 0.5) is 0 Å². The standard InChI is InChI=1S/C14H28N2O/c1-3-9-16-14(17)11-15-10-13-7-5-12(4-2)6-8-13/h12-13,15H,3-11H2,1-2H3,(H,16,17). The van der Waals surface area contributed by atoms with Crippen molar-refractivity contribution >= 4 is 5.91 Å². The molecule has 0 radical (unpaired) electrons. The Morgan fingerprint density at radius 1 is 1.12 bits per heavy atom. The third-order valence-electron chi connectivity index (χ3n) is 3.83. The molecule has 0 aromatic carbocycles. The molecule has 0 unspecified atom stereocenters. The fourth-order valence-electron chi connectivity index (χ4n) is 2.56. The molecule has 1 rings (SSSR count). The van der Waals surface area contributed by atoms with Crippen molar-refractivity contribution < 1.29 is 4.79 Å². The average molecular weight is 240 g/mol. The van der Waals surface area contributed by atoms with Gasteiger partial charge in [0.15, 0.2) is 0 Å². The van der Waals surface area contributed by atoms with Crippen LogP contribution >= 0.6 is 0 Å². The van der Waals surface area contributed by atoms with Crippen molar-refractivity contribution in [1.82, 2.24) is 10.6 Å². The highest BCUT2D eigenvalue weighted by Gasteiger charge is 2.19. The molecular weight excluding hydrogens is 212 g/mol. The van der Waals surface area contributed by atoms with E-state index in [2.05, 4.69) is 24.5 Å². The summed E-state index contributed by atoms with van der Waals surface area (Å²) in [5, 5.41) is 6.17. The SMILES string of the molecule is CCCNC(=O)CNCC1CCC(CC)CC1. The summed E-state index contributed by atoms with van der Waals surface area (Å²) in [6, 6.07) is 0. The highest BCUT2D eigenvalue weighted by molar-refractivity contribution is 5.77. The molecule has 0 heterocycles. The van der Waals surface area contributed by atoms with Crippen LogP contribution in [0.5, 0.6) is 0 Å². The summed E-state index contributed by atoms with van der Waals surface area (Å²) in [4.78, 5) is 11.4. The molecule has 2 N–H and O–H groups in total.